The number of nitrogens with zero attached hydrogens (tertiary/aromatic N) is 1. The van der Waals surface area contributed by atoms with Gasteiger partial charge >= 0.3 is 0 Å². The van der Waals surface area contributed by atoms with Crippen LogP contribution in [-0.2, 0) is 19.4 Å². The molecule has 0 aliphatic carbocycles. The van der Waals surface area contributed by atoms with Crippen LogP contribution in [0, 0.1) is 0 Å². The normalized spacial score (nSPS) is 16.8. The highest BCUT2D eigenvalue weighted by Gasteiger charge is 2.29. The Kier molecular flexibility index (Phi) is 3.90. The number of carbonyl (C=O) groups is 2. The largest absolute Gasteiger partial charge is 0.350 e. The molecule has 92 valence electrons. The van der Waals surface area contributed by atoms with E-state index in [1.54, 1.807) is 4.90 Å². The molecule has 1 rings (SSSR count). The lowest BCUT2D eigenvalue weighted by molar-refractivity contribution is -0.135. The van der Waals surface area contributed by atoms with Gasteiger partial charge in [0.15, 0.2) is 0 Å². The predicted molar refractivity (Wildman–Crippen MR) is 58.5 cm³/mol. The lowest BCUT2D eigenvalue weighted by atomic mass is 10.1. The Balaban J connectivity index is 2.20. The number of carbonyl (C=O) groups excluding carboxylic acids is 2. The second-order valence-corrected chi connectivity index (χ2v) is 6.33. The average molecular weight is 248 g/mol. The van der Waals surface area contributed by atoms with Crippen molar-refractivity contribution in [1.29, 1.82) is 0 Å². The van der Waals surface area contributed by atoms with Crippen molar-refractivity contribution in [2.75, 3.05) is 25.1 Å². The van der Waals surface area contributed by atoms with E-state index in [0.717, 1.165) is 6.26 Å². The molecular weight excluding hydrogens is 232 g/mol. The van der Waals surface area contributed by atoms with E-state index in [4.69, 9.17) is 0 Å². The number of nitrogens with one attached hydrogen (secondary N) is 1. The number of amides is 2. The van der Waals surface area contributed by atoms with Crippen LogP contribution in [0.25, 0.3) is 0 Å². The Morgan fingerprint density at radius 3 is 2.38 bits per heavy atom. The Morgan fingerprint density at radius 2 is 1.94 bits per heavy atom. The molecule has 0 spiro atoms. The van der Waals surface area contributed by atoms with Gasteiger partial charge in [-0.1, -0.05) is 0 Å². The summed E-state index contributed by atoms with van der Waals surface area (Å²) in [5, 5.41) is 2.68. The molecule has 0 radical (unpaired) electrons. The first kappa shape index (κ1) is 13.0. The first-order valence-electron chi connectivity index (χ1n) is 5.00. The van der Waals surface area contributed by atoms with Crippen LogP contribution in [-0.4, -0.2) is 56.3 Å². The SMILES string of the molecule is CC(=O)N1CC(NC(=O)CCS(C)(=O)=O)C1. The van der Waals surface area contributed by atoms with E-state index in [-0.39, 0.29) is 30.0 Å². The van der Waals surface area contributed by atoms with Crippen molar-refractivity contribution < 1.29 is 18.0 Å². The van der Waals surface area contributed by atoms with Crippen LogP contribution < -0.4 is 5.32 Å². The Bertz CT molecular complexity index is 384. The van der Waals surface area contributed by atoms with Crippen LogP contribution >= 0.6 is 0 Å². The van der Waals surface area contributed by atoms with Gasteiger partial charge in [-0.05, 0) is 0 Å². The van der Waals surface area contributed by atoms with Gasteiger partial charge in [0.1, 0.15) is 9.84 Å². The van der Waals surface area contributed by atoms with E-state index >= 15 is 0 Å². The zero-order chi connectivity index (χ0) is 12.3. The van der Waals surface area contributed by atoms with Crippen molar-refractivity contribution in [3.63, 3.8) is 0 Å². The van der Waals surface area contributed by atoms with Gasteiger partial charge in [-0.2, -0.15) is 0 Å². The molecule has 2 amide bonds. The summed E-state index contributed by atoms with van der Waals surface area (Å²) in [6.07, 6.45) is 1.08. The van der Waals surface area contributed by atoms with Crippen LogP contribution in [0.15, 0.2) is 0 Å². The van der Waals surface area contributed by atoms with E-state index in [9.17, 15) is 18.0 Å². The molecule has 0 unspecified atom stereocenters. The molecular formula is C9H16N2O4S. The van der Waals surface area contributed by atoms with E-state index < -0.39 is 9.84 Å². The monoisotopic (exact) mass is 248 g/mol. The minimum absolute atomic E-state index is 0.0124. The molecule has 16 heavy (non-hydrogen) atoms. The van der Waals surface area contributed by atoms with Gasteiger partial charge in [0.25, 0.3) is 0 Å². The van der Waals surface area contributed by atoms with Crippen LogP contribution in [0.3, 0.4) is 0 Å². The standard InChI is InChI=1S/C9H16N2O4S/c1-7(12)11-5-8(6-11)10-9(13)3-4-16(2,14)15/h8H,3-6H2,1-2H3,(H,10,13). The predicted octanol–water partition coefficient (Wildman–Crippen LogP) is -1.23. The smallest absolute Gasteiger partial charge is 0.221 e. The second-order valence-electron chi connectivity index (χ2n) is 4.07. The molecule has 0 aromatic carbocycles. The summed E-state index contributed by atoms with van der Waals surface area (Å²) in [4.78, 5) is 23.8. The minimum atomic E-state index is -3.09. The first-order valence-corrected chi connectivity index (χ1v) is 7.06. The molecule has 1 aliphatic heterocycles. The lowest BCUT2D eigenvalue weighted by Crippen LogP contribution is -2.60. The summed E-state index contributed by atoms with van der Waals surface area (Å²) in [5.41, 5.74) is 0. The van der Waals surface area contributed by atoms with Crippen molar-refractivity contribution in [2.45, 2.75) is 19.4 Å². The quantitative estimate of drug-likeness (QED) is 0.675. The van der Waals surface area contributed by atoms with Gasteiger partial charge < -0.3 is 10.2 Å². The number of hydrogen-bond donors (Lipinski definition) is 1. The molecule has 0 atom stereocenters. The number of sulfone groups is 1. The molecule has 7 heteroatoms. The van der Waals surface area contributed by atoms with Gasteiger partial charge in [0.05, 0.1) is 11.8 Å². The fourth-order valence-corrected chi connectivity index (χ4v) is 1.96. The fraction of sp³-hybridized carbons (Fsp3) is 0.778. The van der Waals surface area contributed by atoms with E-state index in [2.05, 4.69) is 5.32 Å². The van der Waals surface area contributed by atoms with Crippen LogP contribution in [0.5, 0.6) is 0 Å². The Morgan fingerprint density at radius 1 is 1.38 bits per heavy atom. The van der Waals surface area contributed by atoms with E-state index in [1.165, 1.54) is 6.92 Å². The zero-order valence-corrected chi connectivity index (χ0v) is 10.2. The zero-order valence-electron chi connectivity index (χ0n) is 9.39. The van der Waals surface area contributed by atoms with Crippen molar-refractivity contribution in [1.82, 2.24) is 10.2 Å². The summed E-state index contributed by atoms with van der Waals surface area (Å²) in [6.45, 7) is 2.50. The molecule has 0 saturated carbocycles. The van der Waals surface area contributed by atoms with Crippen molar-refractivity contribution >= 4 is 21.7 Å². The minimum Gasteiger partial charge on any atom is -0.350 e. The van der Waals surface area contributed by atoms with Gasteiger partial charge in [0.2, 0.25) is 11.8 Å². The van der Waals surface area contributed by atoms with E-state index in [1.807, 2.05) is 0 Å². The molecule has 6 nitrogen and oxygen atoms in total. The second kappa shape index (κ2) is 4.82. The maximum absolute atomic E-state index is 11.3. The molecule has 1 saturated heterocycles. The van der Waals surface area contributed by atoms with Crippen LogP contribution in [0.1, 0.15) is 13.3 Å². The van der Waals surface area contributed by atoms with Crippen LogP contribution in [0.2, 0.25) is 0 Å². The highest BCUT2D eigenvalue weighted by molar-refractivity contribution is 7.90. The fourth-order valence-electron chi connectivity index (χ4n) is 1.40. The summed E-state index contributed by atoms with van der Waals surface area (Å²) in [5.74, 6) is -0.428. The van der Waals surface area contributed by atoms with Crippen molar-refractivity contribution in [2.24, 2.45) is 0 Å². The lowest BCUT2D eigenvalue weighted by Gasteiger charge is -2.38. The molecule has 1 fully saturated rings. The van der Waals surface area contributed by atoms with Gasteiger partial charge in [0, 0.05) is 32.7 Å². The summed E-state index contributed by atoms with van der Waals surface area (Å²) >= 11 is 0. The van der Waals surface area contributed by atoms with Crippen molar-refractivity contribution in [3.8, 4) is 0 Å². The summed E-state index contributed by atoms with van der Waals surface area (Å²) < 4.78 is 21.6. The number of hydrogen-bond acceptors (Lipinski definition) is 4. The highest BCUT2D eigenvalue weighted by Crippen LogP contribution is 2.07. The maximum atomic E-state index is 11.3. The topological polar surface area (TPSA) is 83.6 Å². The number of rotatable bonds is 4. The van der Waals surface area contributed by atoms with Gasteiger partial charge in [-0.25, -0.2) is 8.42 Å². The van der Waals surface area contributed by atoms with E-state index in [0.29, 0.717) is 13.1 Å². The van der Waals surface area contributed by atoms with Crippen molar-refractivity contribution in [3.05, 3.63) is 0 Å². The highest BCUT2D eigenvalue weighted by atomic mass is 32.2. The third kappa shape index (κ3) is 4.18. The molecule has 0 aromatic heterocycles. The summed E-state index contributed by atoms with van der Waals surface area (Å²) in [7, 11) is -3.09. The molecule has 0 aromatic rings. The third-order valence-corrected chi connectivity index (χ3v) is 3.34. The van der Waals surface area contributed by atoms with Crippen LogP contribution in [0.4, 0.5) is 0 Å². The molecule has 1 heterocycles. The molecule has 0 bridgehead atoms. The maximum Gasteiger partial charge on any atom is 0.221 e. The third-order valence-electron chi connectivity index (χ3n) is 2.39. The Hall–Kier alpha value is -1.11. The first-order chi connectivity index (χ1) is 7.28. The Labute approximate surface area is 94.9 Å². The molecule has 1 N–H and O–H groups in total. The average Bonchev–Trinajstić information content (AvgIpc) is 2.05. The summed E-state index contributed by atoms with van der Waals surface area (Å²) in [6, 6.07) is -0.0315. The van der Waals surface area contributed by atoms with Gasteiger partial charge in [-0.15, -0.1) is 0 Å². The number of likely N-dealkylation sites (tertiary alicyclic amines) is 1. The van der Waals surface area contributed by atoms with Gasteiger partial charge in [-0.3, -0.25) is 9.59 Å². The molecule has 1 aliphatic rings.